The topological polar surface area (TPSA) is 63.6 Å². The van der Waals surface area contributed by atoms with Gasteiger partial charge in [-0.2, -0.15) is 0 Å². The first-order chi connectivity index (χ1) is 6.99. The van der Waals surface area contributed by atoms with E-state index in [9.17, 15) is 9.59 Å². The van der Waals surface area contributed by atoms with E-state index in [1.165, 1.54) is 0 Å². The molecule has 0 aromatic carbocycles. The molecule has 15 heavy (non-hydrogen) atoms. The minimum atomic E-state index is -0.713. The van der Waals surface area contributed by atoms with E-state index >= 15 is 0 Å². The van der Waals surface area contributed by atoms with E-state index in [1.54, 1.807) is 13.8 Å². The quantitative estimate of drug-likeness (QED) is 0.514. The van der Waals surface area contributed by atoms with Crippen LogP contribution in [-0.4, -0.2) is 29.6 Å². The Bertz CT molecular complexity index is 211. The molecule has 0 aromatic heterocycles. The van der Waals surface area contributed by atoms with Gasteiger partial charge in [-0.3, -0.25) is 9.59 Å². The standard InChI is InChI=1S/C11H20O4/c1-4-7-15-11(14)9(3)10(13)6-5-8(2)12/h8-9,12H,4-7H2,1-3H3. The van der Waals surface area contributed by atoms with Crippen molar-refractivity contribution in [3.8, 4) is 0 Å². The Hall–Kier alpha value is -0.900. The molecule has 0 aromatic rings. The first-order valence-corrected chi connectivity index (χ1v) is 5.36. The van der Waals surface area contributed by atoms with Gasteiger partial charge in [0.25, 0.3) is 0 Å². The van der Waals surface area contributed by atoms with Gasteiger partial charge in [0.2, 0.25) is 0 Å². The second-order valence-electron chi connectivity index (χ2n) is 3.74. The lowest BCUT2D eigenvalue weighted by Crippen LogP contribution is -2.24. The molecule has 0 saturated heterocycles. The molecule has 0 aliphatic rings. The molecule has 0 radical (unpaired) electrons. The van der Waals surface area contributed by atoms with Gasteiger partial charge >= 0.3 is 5.97 Å². The SMILES string of the molecule is CCCOC(=O)C(C)C(=O)CCC(C)O. The van der Waals surface area contributed by atoms with Crippen LogP contribution in [-0.2, 0) is 14.3 Å². The van der Waals surface area contributed by atoms with E-state index in [0.717, 1.165) is 6.42 Å². The van der Waals surface area contributed by atoms with Crippen LogP contribution in [0.1, 0.15) is 40.0 Å². The minimum Gasteiger partial charge on any atom is -0.465 e. The summed E-state index contributed by atoms with van der Waals surface area (Å²) in [6.07, 6.45) is 0.859. The van der Waals surface area contributed by atoms with Gasteiger partial charge < -0.3 is 9.84 Å². The average Bonchev–Trinajstić information content (AvgIpc) is 2.21. The maximum absolute atomic E-state index is 11.4. The first kappa shape index (κ1) is 14.1. The lowest BCUT2D eigenvalue weighted by Gasteiger charge is -2.10. The monoisotopic (exact) mass is 216 g/mol. The highest BCUT2D eigenvalue weighted by molar-refractivity contribution is 5.98. The van der Waals surface area contributed by atoms with Crippen molar-refractivity contribution in [1.82, 2.24) is 0 Å². The maximum atomic E-state index is 11.4. The van der Waals surface area contributed by atoms with Gasteiger partial charge in [-0.1, -0.05) is 6.92 Å². The van der Waals surface area contributed by atoms with E-state index < -0.39 is 18.0 Å². The minimum absolute atomic E-state index is 0.169. The lowest BCUT2D eigenvalue weighted by molar-refractivity contribution is -0.151. The third-order valence-electron chi connectivity index (χ3n) is 2.09. The van der Waals surface area contributed by atoms with Crippen molar-refractivity contribution in [2.24, 2.45) is 5.92 Å². The molecule has 2 unspecified atom stereocenters. The molecule has 0 bridgehead atoms. The number of Topliss-reactive ketones (excluding diaryl/α,β-unsaturated/α-hetero) is 1. The molecule has 0 saturated carbocycles. The third kappa shape index (κ3) is 6.23. The van der Waals surface area contributed by atoms with Crippen LogP contribution in [0.3, 0.4) is 0 Å². The largest absolute Gasteiger partial charge is 0.465 e. The van der Waals surface area contributed by atoms with E-state index in [4.69, 9.17) is 9.84 Å². The summed E-state index contributed by atoms with van der Waals surface area (Å²) in [6, 6.07) is 0. The number of ketones is 1. The van der Waals surface area contributed by atoms with Crippen molar-refractivity contribution < 1.29 is 19.4 Å². The van der Waals surface area contributed by atoms with Gasteiger partial charge in [0.05, 0.1) is 12.7 Å². The van der Waals surface area contributed by atoms with Gasteiger partial charge in [0, 0.05) is 6.42 Å². The molecule has 88 valence electrons. The Labute approximate surface area is 90.6 Å². The summed E-state index contributed by atoms with van der Waals surface area (Å²) < 4.78 is 4.86. The molecule has 4 heteroatoms. The zero-order valence-electron chi connectivity index (χ0n) is 9.66. The zero-order valence-corrected chi connectivity index (χ0v) is 9.66. The Balaban J connectivity index is 3.91. The number of esters is 1. The third-order valence-corrected chi connectivity index (χ3v) is 2.09. The predicted octanol–water partition coefficient (Wildman–Crippen LogP) is 1.31. The van der Waals surface area contributed by atoms with Crippen LogP contribution >= 0.6 is 0 Å². The van der Waals surface area contributed by atoms with Crippen LogP contribution in [0.4, 0.5) is 0 Å². The van der Waals surface area contributed by atoms with Crippen LogP contribution in [0.2, 0.25) is 0 Å². The fourth-order valence-corrected chi connectivity index (χ4v) is 1.03. The van der Waals surface area contributed by atoms with Crippen LogP contribution in [0.25, 0.3) is 0 Å². The van der Waals surface area contributed by atoms with Gasteiger partial charge in [0.15, 0.2) is 0 Å². The van der Waals surface area contributed by atoms with Crippen molar-refractivity contribution >= 4 is 11.8 Å². The molecule has 2 atom stereocenters. The fraction of sp³-hybridized carbons (Fsp3) is 0.818. The van der Waals surface area contributed by atoms with Crippen molar-refractivity contribution in [3.05, 3.63) is 0 Å². The highest BCUT2D eigenvalue weighted by Gasteiger charge is 2.22. The highest BCUT2D eigenvalue weighted by Crippen LogP contribution is 2.07. The number of hydrogen-bond donors (Lipinski definition) is 1. The summed E-state index contributed by atoms with van der Waals surface area (Å²) in [5.74, 6) is -1.35. The average molecular weight is 216 g/mol. The molecule has 0 spiro atoms. The van der Waals surface area contributed by atoms with E-state index in [-0.39, 0.29) is 12.2 Å². The Morgan fingerprint density at radius 1 is 1.33 bits per heavy atom. The van der Waals surface area contributed by atoms with E-state index in [0.29, 0.717) is 13.0 Å². The molecule has 0 aliphatic heterocycles. The summed E-state index contributed by atoms with van der Waals surface area (Å²) in [4.78, 5) is 22.7. The molecule has 0 aliphatic carbocycles. The normalized spacial score (nSPS) is 14.4. The van der Waals surface area contributed by atoms with Gasteiger partial charge in [-0.15, -0.1) is 0 Å². The first-order valence-electron chi connectivity index (χ1n) is 5.36. The second-order valence-corrected chi connectivity index (χ2v) is 3.74. The van der Waals surface area contributed by atoms with Crippen molar-refractivity contribution in [1.29, 1.82) is 0 Å². The molecule has 0 rings (SSSR count). The van der Waals surface area contributed by atoms with Crippen LogP contribution in [0.15, 0.2) is 0 Å². The molecule has 0 fully saturated rings. The number of rotatable bonds is 7. The highest BCUT2D eigenvalue weighted by atomic mass is 16.5. The van der Waals surface area contributed by atoms with Crippen molar-refractivity contribution in [2.75, 3.05) is 6.61 Å². The number of aliphatic hydroxyl groups excluding tert-OH is 1. The molecule has 0 amide bonds. The van der Waals surface area contributed by atoms with Crippen molar-refractivity contribution in [3.63, 3.8) is 0 Å². The number of carbonyl (C=O) groups is 2. The number of ether oxygens (including phenoxy) is 1. The van der Waals surface area contributed by atoms with Gasteiger partial charge in [0.1, 0.15) is 11.7 Å². The zero-order chi connectivity index (χ0) is 11.8. The summed E-state index contributed by atoms with van der Waals surface area (Å²) in [7, 11) is 0. The fourth-order valence-electron chi connectivity index (χ4n) is 1.03. The Morgan fingerprint density at radius 2 is 1.93 bits per heavy atom. The number of hydrogen-bond acceptors (Lipinski definition) is 4. The van der Waals surface area contributed by atoms with Crippen LogP contribution in [0.5, 0.6) is 0 Å². The maximum Gasteiger partial charge on any atom is 0.316 e. The lowest BCUT2D eigenvalue weighted by atomic mass is 10.0. The number of carbonyl (C=O) groups excluding carboxylic acids is 2. The number of aliphatic hydroxyl groups is 1. The summed E-state index contributed by atoms with van der Waals surface area (Å²) in [5.41, 5.74) is 0. The smallest absolute Gasteiger partial charge is 0.316 e. The summed E-state index contributed by atoms with van der Waals surface area (Å²) in [5, 5.41) is 8.99. The predicted molar refractivity (Wildman–Crippen MR) is 56.3 cm³/mol. The van der Waals surface area contributed by atoms with Crippen LogP contribution in [0, 0.1) is 5.92 Å². The van der Waals surface area contributed by atoms with Crippen molar-refractivity contribution in [2.45, 2.75) is 46.1 Å². The summed E-state index contributed by atoms with van der Waals surface area (Å²) in [6.45, 7) is 5.41. The van der Waals surface area contributed by atoms with Crippen LogP contribution < -0.4 is 0 Å². The Morgan fingerprint density at radius 3 is 2.40 bits per heavy atom. The van der Waals surface area contributed by atoms with E-state index in [1.807, 2.05) is 6.92 Å². The molecule has 1 N–H and O–H groups in total. The molecular weight excluding hydrogens is 196 g/mol. The molecule has 4 nitrogen and oxygen atoms in total. The van der Waals surface area contributed by atoms with Gasteiger partial charge in [-0.05, 0) is 26.7 Å². The Kier molecular flexibility index (Phi) is 6.96. The second kappa shape index (κ2) is 7.40. The van der Waals surface area contributed by atoms with E-state index in [2.05, 4.69) is 0 Å². The molecule has 0 heterocycles. The van der Waals surface area contributed by atoms with Gasteiger partial charge in [-0.25, -0.2) is 0 Å². The summed E-state index contributed by atoms with van der Waals surface area (Å²) >= 11 is 0. The molecular formula is C11H20O4.